The van der Waals surface area contributed by atoms with Gasteiger partial charge in [-0.3, -0.25) is 0 Å². The first-order chi connectivity index (χ1) is 8.83. The second-order valence-corrected chi connectivity index (χ2v) is 3.93. The Bertz CT molecular complexity index is 453. The Morgan fingerprint density at radius 3 is 2.16 bits per heavy atom. The smallest absolute Gasteiger partial charge is 0.380 e. The van der Waals surface area contributed by atoms with E-state index in [4.69, 9.17) is 5.26 Å². The van der Waals surface area contributed by atoms with Gasteiger partial charge in [0, 0.05) is 13.0 Å². The van der Waals surface area contributed by atoms with Crippen LogP contribution in [0.1, 0.15) is 24.8 Å². The van der Waals surface area contributed by atoms with Crippen molar-refractivity contribution >= 4 is 5.69 Å². The van der Waals surface area contributed by atoms with Gasteiger partial charge in [-0.1, -0.05) is 0 Å². The zero-order valence-corrected chi connectivity index (χ0v) is 9.82. The third-order valence-electron chi connectivity index (χ3n) is 2.36. The lowest BCUT2D eigenvalue weighted by Crippen LogP contribution is -2.10. The molecule has 0 aliphatic carbocycles. The largest absolute Gasteiger partial charge is 0.389 e. The van der Waals surface area contributed by atoms with Gasteiger partial charge in [0.2, 0.25) is 0 Å². The maximum Gasteiger partial charge on any atom is 0.389 e. The van der Waals surface area contributed by atoms with Crippen LogP contribution in [0.5, 0.6) is 0 Å². The third kappa shape index (κ3) is 5.12. The molecule has 0 unspecified atom stereocenters. The molecule has 2 nitrogen and oxygen atoms in total. The fraction of sp³-hybridized carbons (Fsp3) is 0.417. The average Bonchev–Trinajstić information content (AvgIpc) is 2.30. The molecule has 0 aliphatic rings. The van der Waals surface area contributed by atoms with E-state index in [1.807, 2.05) is 0 Å². The van der Waals surface area contributed by atoms with Crippen molar-refractivity contribution in [2.24, 2.45) is 0 Å². The number of unbranched alkanes of at least 4 members (excludes halogenated alkanes) is 1. The molecule has 0 aromatic heterocycles. The van der Waals surface area contributed by atoms with Gasteiger partial charge in [0.15, 0.2) is 11.6 Å². The van der Waals surface area contributed by atoms with Crippen molar-refractivity contribution in [3.05, 3.63) is 29.3 Å². The minimum absolute atomic E-state index is 0.0236. The number of rotatable bonds is 5. The third-order valence-corrected chi connectivity index (χ3v) is 2.36. The SMILES string of the molecule is N#Cc1cc(F)c(NCCCCC(F)(F)F)c(F)c1. The van der Waals surface area contributed by atoms with E-state index in [0.29, 0.717) is 0 Å². The molecule has 1 N–H and O–H groups in total. The fourth-order valence-electron chi connectivity index (χ4n) is 1.47. The van der Waals surface area contributed by atoms with E-state index in [2.05, 4.69) is 5.32 Å². The summed E-state index contributed by atoms with van der Waals surface area (Å²) in [5.74, 6) is -1.88. The predicted octanol–water partition coefficient (Wildman–Crippen LogP) is 3.98. The molecule has 0 saturated carbocycles. The van der Waals surface area contributed by atoms with Gasteiger partial charge in [-0.2, -0.15) is 18.4 Å². The summed E-state index contributed by atoms with van der Waals surface area (Å²) in [5.41, 5.74) is -0.580. The zero-order valence-electron chi connectivity index (χ0n) is 9.82. The van der Waals surface area contributed by atoms with Crippen LogP contribution in [0, 0.1) is 23.0 Å². The van der Waals surface area contributed by atoms with Gasteiger partial charge in [0.05, 0.1) is 11.6 Å². The second kappa shape index (κ2) is 6.36. The van der Waals surface area contributed by atoms with Crippen LogP contribution >= 0.6 is 0 Å². The van der Waals surface area contributed by atoms with E-state index in [1.54, 1.807) is 6.07 Å². The Morgan fingerprint density at radius 1 is 1.11 bits per heavy atom. The van der Waals surface area contributed by atoms with Gasteiger partial charge >= 0.3 is 6.18 Å². The highest BCUT2D eigenvalue weighted by Crippen LogP contribution is 2.23. The number of halogens is 5. The normalized spacial score (nSPS) is 11.2. The van der Waals surface area contributed by atoms with Crippen LogP contribution in [0.25, 0.3) is 0 Å². The van der Waals surface area contributed by atoms with E-state index in [-0.39, 0.29) is 24.9 Å². The summed E-state index contributed by atoms with van der Waals surface area (Å²) in [5, 5.41) is 10.9. The molecule has 104 valence electrons. The number of alkyl halides is 3. The number of hydrogen-bond donors (Lipinski definition) is 1. The van der Waals surface area contributed by atoms with E-state index >= 15 is 0 Å². The van der Waals surface area contributed by atoms with Crippen LogP contribution in [-0.4, -0.2) is 12.7 Å². The van der Waals surface area contributed by atoms with Gasteiger partial charge < -0.3 is 5.32 Å². The van der Waals surface area contributed by atoms with Gasteiger partial charge in [-0.05, 0) is 25.0 Å². The highest BCUT2D eigenvalue weighted by atomic mass is 19.4. The van der Waals surface area contributed by atoms with Gasteiger partial charge in [-0.15, -0.1) is 0 Å². The van der Waals surface area contributed by atoms with Crippen LogP contribution in [0.3, 0.4) is 0 Å². The lowest BCUT2D eigenvalue weighted by molar-refractivity contribution is -0.135. The molecule has 0 atom stereocenters. The van der Waals surface area contributed by atoms with Crippen molar-refractivity contribution in [3.8, 4) is 6.07 Å². The Morgan fingerprint density at radius 2 is 1.68 bits per heavy atom. The van der Waals surface area contributed by atoms with Crippen molar-refractivity contribution in [2.75, 3.05) is 11.9 Å². The first-order valence-corrected chi connectivity index (χ1v) is 5.53. The molecule has 0 aliphatic heterocycles. The minimum Gasteiger partial charge on any atom is -0.380 e. The van der Waals surface area contributed by atoms with E-state index < -0.39 is 29.9 Å². The molecule has 7 heteroatoms. The number of hydrogen-bond acceptors (Lipinski definition) is 2. The summed E-state index contributed by atoms with van der Waals surface area (Å²) in [6.07, 6.45) is -5.12. The predicted molar refractivity (Wildman–Crippen MR) is 59.5 cm³/mol. The van der Waals surface area contributed by atoms with E-state index in [0.717, 1.165) is 12.1 Å². The first kappa shape index (κ1) is 15.2. The van der Waals surface area contributed by atoms with Crippen molar-refractivity contribution in [1.29, 1.82) is 5.26 Å². The van der Waals surface area contributed by atoms with Crippen molar-refractivity contribution < 1.29 is 22.0 Å². The van der Waals surface area contributed by atoms with Crippen LogP contribution in [-0.2, 0) is 0 Å². The van der Waals surface area contributed by atoms with Crippen LogP contribution in [0.2, 0.25) is 0 Å². The van der Waals surface area contributed by atoms with Crippen LogP contribution < -0.4 is 5.32 Å². The van der Waals surface area contributed by atoms with Gasteiger partial charge in [0.25, 0.3) is 0 Å². The Kier molecular flexibility index (Phi) is 5.10. The summed E-state index contributed by atoms with van der Waals surface area (Å²) in [7, 11) is 0. The first-order valence-electron chi connectivity index (χ1n) is 5.53. The van der Waals surface area contributed by atoms with Gasteiger partial charge in [0.1, 0.15) is 5.69 Å². The number of nitrogens with zero attached hydrogens (tertiary/aromatic N) is 1. The zero-order chi connectivity index (χ0) is 14.5. The molecule has 0 radical (unpaired) electrons. The Balaban J connectivity index is 2.49. The molecule has 0 saturated heterocycles. The Labute approximate surface area is 106 Å². The number of anilines is 1. The second-order valence-electron chi connectivity index (χ2n) is 3.93. The number of nitrogens with one attached hydrogen (secondary N) is 1. The van der Waals surface area contributed by atoms with Crippen molar-refractivity contribution in [1.82, 2.24) is 0 Å². The standard InChI is InChI=1S/C12H11F5N2/c13-9-5-8(7-18)6-10(14)11(9)19-4-2-1-3-12(15,16)17/h5-6,19H,1-4H2. The maximum absolute atomic E-state index is 13.4. The molecule has 19 heavy (non-hydrogen) atoms. The Hall–Kier alpha value is -1.84. The average molecular weight is 278 g/mol. The highest BCUT2D eigenvalue weighted by Gasteiger charge is 2.25. The summed E-state index contributed by atoms with van der Waals surface area (Å²) in [6, 6.07) is 3.32. The van der Waals surface area contributed by atoms with E-state index in [9.17, 15) is 22.0 Å². The van der Waals surface area contributed by atoms with E-state index in [1.165, 1.54) is 0 Å². The minimum atomic E-state index is -4.22. The van der Waals surface area contributed by atoms with Crippen molar-refractivity contribution in [2.45, 2.75) is 25.4 Å². The topological polar surface area (TPSA) is 35.8 Å². The van der Waals surface area contributed by atoms with Crippen LogP contribution in [0.4, 0.5) is 27.6 Å². The monoisotopic (exact) mass is 278 g/mol. The molecular formula is C12H11F5N2. The van der Waals surface area contributed by atoms with Crippen molar-refractivity contribution in [3.63, 3.8) is 0 Å². The molecule has 0 spiro atoms. The number of benzene rings is 1. The van der Waals surface area contributed by atoms with Crippen LogP contribution in [0.15, 0.2) is 12.1 Å². The molecule has 0 amide bonds. The number of nitriles is 1. The summed E-state index contributed by atoms with van der Waals surface area (Å²) < 4.78 is 62.3. The summed E-state index contributed by atoms with van der Waals surface area (Å²) in [4.78, 5) is 0. The molecule has 1 rings (SSSR count). The fourth-order valence-corrected chi connectivity index (χ4v) is 1.47. The lowest BCUT2D eigenvalue weighted by atomic mass is 10.2. The molecule has 0 fully saturated rings. The quantitative estimate of drug-likeness (QED) is 0.653. The molecule has 1 aromatic rings. The molecule has 1 aromatic carbocycles. The highest BCUT2D eigenvalue weighted by molar-refractivity contribution is 5.50. The molecule has 0 bridgehead atoms. The molecular weight excluding hydrogens is 267 g/mol. The summed E-state index contributed by atoms with van der Waals surface area (Å²) in [6.45, 7) is 0.0236. The lowest BCUT2D eigenvalue weighted by Gasteiger charge is -2.10. The van der Waals surface area contributed by atoms with Gasteiger partial charge in [-0.25, -0.2) is 8.78 Å². The maximum atomic E-state index is 13.4. The molecule has 0 heterocycles. The summed E-state index contributed by atoms with van der Waals surface area (Å²) >= 11 is 0.